The van der Waals surface area contributed by atoms with Gasteiger partial charge in [-0.25, -0.2) is 18.4 Å². The van der Waals surface area contributed by atoms with Gasteiger partial charge in [0.1, 0.15) is 16.2 Å². The molecule has 0 spiro atoms. The molecule has 0 amide bonds. The summed E-state index contributed by atoms with van der Waals surface area (Å²) in [6.45, 7) is 2.83. The highest BCUT2D eigenvalue weighted by atomic mass is 32.2. The Kier molecular flexibility index (Phi) is 3.58. The first-order valence-electron chi connectivity index (χ1n) is 7.77. The Morgan fingerprint density at radius 1 is 1.21 bits per heavy atom. The number of pyridine rings is 2. The van der Waals surface area contributed by atoms with E-state index in [0.29, 0.717) is 13.1 Å². The zero-order valence-corrected chi connectivity index (χ0v) is 14.0. The molecule has 0 saturated carbocycles. The lowest BCUT2D eigenvalue weighted by molar-refractivity contribution is 0.451. The maximum absolute atomic E-state index is 12.7. The van der Waals surface area contributed by atoms with Crippen LogP contribution in [0.5, 0.6) is 0 Å². The highest BCUT2D eigenvalue weighted by molar-refractivity contribution is 7.89. The normalized spacial score (nSPS) is 19.1. The third kappa shape index (κ3) is 2.38. The Hall–Kier alpha value is -2.32. The number of aryl methyl sites for hydroxylation is 1. The van der Waals surface area contributed by atoms with Gasteiger partial charge in [0.2, 0.25) is 10.0 Å². The Balaban J connectivity index is 1.66. The van der Waals surface area contributed by atoms with E-state index < -0.39 is 10.0 Å². The molecule has 3 aromatic rings. The van der Waals surface area contributed by atoms with Crippen LogP contribution in [0.15, 0.2) is 47.8 Å². The summed E-state index contributed by atoms with van der Waals surface area (Å²) in [5, 5.41) is 0. The molecule has 1 aliphatic heterocycles. The Morgan fingerprint density at radius 3 is 2.83 bits per heavy atom. The van der Waals surface area contributed by atoms with Crippen molar-refractivity contribution in [3.05, 3.63) is 48.7 Å². The van der Waals surface area contributed by atoms with Crippen LogP contribution in [0.1, 0.15) is 18.3 Å². The van der Waals surface area contributed by atoms with Crippen molar-refractivity contribution in [2.24, 2.45) is 0 Å². The molecule has 1 atom stereocenters. The summed E-state index contributed by atoms with van der Waals surface area (Å²) in [5.41, 5.74) is 1.64. The molecule has 7 nitrogen and oxygen atoms in total. The molecule has 0 aromatic carbocycles. The van der Waals surface area contributed by atoms with Gasteiger partial charge in [-0.1, -0.05) is 0 Å². The minimum atomic E-state index is -3.51. The molecule has 0 unspecified atom stereocenters. The van der Waals surface area contributed by atoms with E-state index >= 15 is 0 Å². The zero-order valence-electron chi connectivity index (χ0n) is 13.2. The van der Waals surface area contributed by atoms with Gasteiger partial charge in [-0.15, -0.1) is 0 Å². The number of hydrogen-bond acceptors (Lipinski definition) is 5. The quantitative estimate of drug-likeness (QED) is 0.724. The zero-order chi connectivity index (χ0) is 16.7. The largest absolute Gasteiger partial charge is 0.308 e. The van der Waals surface area contributed by atoms with Crippen molar-refractivity contribution in [3.8, 4) is 0 Å². The van der Waals surface area contributed by atoms with Crippen molar-refractivity contribution in [1.82, 2.24) is 23.8 Å². The first-order valence-corrected chi connectivity index (χ1v) is 9.21. The fraction of sp³-hybridized carbons (Fsp3) is 0.312. The van der Waals surface area contributed by atoms with Gasteiger partial charge in [-0.3, -0.25) is 4.98 Å². The number of aromatic nitrogens is 4. The Morgan fingerprint density at radius 2 is 2.04 bits per heavy atom. The van der Waals surface area contributed by atoms with E-state index in [4.69, 9.17) is 0 Å². The lowest BCUT2D eigenvalue weighted by atomic mass is 10.2. The minimum Gasteiger partial charge on any atom is -0.308 e. The van der Waals surface area contributed by atoms with Gasteiger partial charge in [-0.2, -0.15) is 4.31 Å². The van der Waals surface area contributed by atoms with E-state index in [1.165, 1.54) is 10.5 Å². The Labute approximate surface area is 140 Å². The number of nitrogens with zero attached hydrogens (tertiary/aromatic N) is 5. The van der Waals surface area contributed by atoms with Crippen LogP contribution in [0, 0.1) is 6.92 Å². The topological polar surface area (TPSA) is 81.0 Å². The molecule has 0 bridgehead atoms. The van der Waals surface area contributed by atoms with Crippen LogP contribution in [0.4, 0.5) is 0 Å². The third-order valence-electron chi connectivity index (χ3n) is 4.39. The van der Waals surface area contributed by atoms with Gasteiger partial charge in [0.25, 0.3) is 0 Å². The van der Waals surface area contributed by atoms with Gasteiger partial charge in [0, 0.05) is 31.7 Å². The molecule has 124 valence electrons. The summed E-state index contributed by atoms with van der Waals surface area (Å²) in [6.07, 6.45) is 5.43. The van der Waals surface area contributed by atoms with Crippen LogP contribution in [-0.2, 0) is 10.0 Å². The summed E-state index contributed by atoms with van der Waals surface area (Å²) in [4.78, 5) is 13.1. The van der Waals surface area contributed by atoms with E-state index in [1.807, 2.05) is 23.6 Å². The summed E-state index contributed by atoms with van der Waals surface area (Å²) in [5.74, 6) is 0.856. The summed E-state index contributed by atoms with van der Waals surface area (Å²) >= 11 is 0. The summed E-state index contributed by atoms with van der Waals surface area (Å²) in [7, 11) is -3.51. The second-order valence-electron chi connectivity index (χ2n) is 5.87. The van der Waals surface area contributed by atoms with E-state index in [1.54, 1.807) is 24.5 Å². The van der Waals surface area contributed by atoms with Gasteiger partial charge in [-0.05, 0) is 37.6 Å². The lowest BCUT2D eigenvalue weighted by Crippen LogP contribution is -2.29. The standard InChI is InChI=1S/C16H17N5O2S/c1-12-19-15-5-3-8-18-16(15)21(12)13-6-9-20(11-13)24(22,23)14-4-2-7-17-10-14/h2-5,7-8,10,13H,6,9,11H2,1H3/t13-/m1/s1. The highest BCUT2D eigenvalue weighted by Crippen LogP contribution is 2.30. The van der Waals surface area contributed by atoms with Crippen molar-refractivity contribution in [2.45, 2.75) is 24.3 Å². The van der Waals surface area contributed by atoms with Gasteiger partial charge in [0.15, 0.2) is 5.65 Å². The lowest BCUT2D eigenvalue weighted by Gasteiger charge is -2.18. The highest BCUT2D eigenvalue weighted by Gasteiger charge is 2.34. The molecule has 1 saturated heterocycles. The van der Waals surface area contributed by atoms with Crippen molar-refractivity contribution < 1.29 is 8.42 Å². The predicted molar refractivity (Wildman–Crippen MR) is 88.9 cm³/mol. The van der Waals surface area contributed by atoms with Crippen LogP contribution in [0.2, 0.25) is 0 Å². The molecule has 0 N–H and O–H groups in total. The molecule has 0 aliphatic carbocycles. The number of sulfonamides is 1. The van der Waals surface area contributed by atoms with Crippen LogP contribution in [0.3, 0.4) is 0 Å². The average Bonchev–Trinajstić information content (AvgIpc) is 3.19. The monoisotopic (exact) mass is 343 g/mol. The molecule has 24 heavy (non-hydrogen) atoms. The maximum atomic E-state index is 12.7. The minimum absolute atomic E-state index is 0.0383. The smallest absolute Gasteiger partial charge is 0.244 e. The molecule has 3 aromatic heterocycles. The van der Waals surface area contributed by atoms with E-state index in [9.17, 15) is 8.42 Å². The van der Waals surface area contributed by atoms with Crippen LogP contribution < -0.4 is 0 Å². The fourth-order valence-corrected chi connectivity index (χ4v) is 4.73. The second kappa shape index (κ2) is 5.64. The van der Waals surface area contributed by atoms with Gasteiger partial charge >= 0.3 is 0 Å². The number of imidazole rings is 1. The van der Waals surface area contributed by atoms with Crippen LogP contribution in [-0.4, -0.2) is 45.3 Å². The second-order valence-corrected chi connectivity index (χ2v) is 7.81. The van der Waals surface area contributed by atoms with Gasteiger partial charge in [0.05, 0.1) is 6.04 Å². The van der Waals surface area contributed by atoms with Crippen molar-refractivity contribution in [2.75, 3.05) is 13.1 Å². The first kappa shape index (κ1) is 15.2. The molecular formula is C16H17N5O2S. The number of fused-ring (bicyclic) bond motifs is 1. The molecule has 4 heterocycles. The molecule has 0 radical (unpaired) electrons. The molecular weight excluding hydrogens is 326 g/mol. The third-order valence-corrected chi connectivity index (χ3v) is 6.24. The molecule has 1 fully saturated rings. The fourth-order valence-electron chi connectivity index (χ4n) is 3.27. The van der Waals surface area contributed by atoms with Crippen molar-refractivity contribution in [3.63, 3.8) is 0 Å². The van der Waals surface area contributed by atoms with E-state index in [0.717, 1.165) is 23.4 Å². The average molecular weight is 343 g/mol. The maximum Gasteiger partial charge on any atom is 0.244 e. The van der Waals surface area contributed by atoms with E-state index in [2.05, 4.69) is 15.0 Å². The number of rotatable bonds is 3. The van der Waals surface area contributed by atoms with Crippen molar-refractivity contribution in [1.29, 1.82) is 0 Å². The number of hydrogen-bond donors (Lipinski definition) is 0. The molecule has 8 heteroatoms. The van der Waals surface area contributed by atoms with E-state index in [-0.39, 0.29) is 10.9 Å². The van der Waals surface area contributed by atoms with Crippen LogP contribution in [0.25, 0.3) is 11.2 Å². The molecule has 1 aliphatic rings. The Bertz CT molecular complexity index is 984. The first-order chi connectivity index (χ1) is 11.6. The van der Waals surface area contributed by atoms with Crippen LogP contribution >= 0.6 is 0 Å². The summed E-state index contributed by atoms with van der Waals surface area (Å²) in [6, 6.07) is 7.03. The van der Waals surface area contributed by atoms with Crippen molar-refractivity contribution >= 4 is 21.2 Å². The molecule has 4 rings (SSSR count). The summed E-state index contributed by atoms with van der Waals surface area (Å²) < 4.78 is 29.1. The predicted octanol–water partition coefficient (Wildman–Crippen LogP) is 1.77. The SMILES string of the molecule is Cc1nc2cccnc2n1[C@@H]1CCN(S(=O)(=O)c2cccnc2)C1. The van der Waals surface area contributed by atoms with Gasteiger partial charge < -0.3 is 4.57 Å².